The molecule has 2 aromatic rings. The predicted octanol–water partition coefficient (Wildman–Crippen LogP) is 1.80. The number of hydrogen-bond donors (Lipinski definition) is 2. The van der Waals surface area contributed by atoms with E-state index in [1.54, 1.807) is 13.1 Å². The minimum absolute atomic E-state index is 0.0702. The summed E-state index contributed by atoms with van der Waals surface area (Å²) in [4.78, 5) is 7.81. The Hall–Kier alpha value is -2.22. The zero-order valence-corrected chi connectivity index (χ0v) is 11.7. The quantitative estimate of drug-likeness (QED) is 0.895. The van der Waals surface area contributed by atoms with Crippen molar-refractivity contribution < 1.29 is 12.8 Å². The van der Waals surface area contributed by atoms with Crippen molar-refractivity contribution in [3.05, 3.63) is 36.4 Å². The molecular weight excluding hydrogens is 283 g/mol. The lowest BCUT2D eigenvalue weighted by Crippen LogP contribution is -2.02. The third-order valence-electron chi connectivity index (χ3n) is 2.55. The van der Waals surface area contributed by atoms with Gasteiger partial charge in [0.05, 0.1) is 10.6 Å². The van der Waals surface area contributed by atoms with Crippen molar-refractivity contribution >= 4 is 27.2 Å². The van der Waals surface area contributed by atoms with Crippen LogP contribution in [0.1, 0.15) is 0 Å². The van der Waals surface area contributed by atoms with Crippen molar-refractivity contribution in [2.45, 2.75) is 4.90 Å². The molecule has 0 radical (unpaired) electrons. The van der Waals surface area contributed by atoms with Crippen molar-refractivity contribution in [2.24, 2.45) is 0 Å². The molecule has 1 aromatic heterocycles. The van der Waals surface area contributed by atoms with Gasteiger partial charge in [-0.05, 0) is 18.2 Å². The first kappa shape index (κ1) is 14.2. The molecule has 0 aliphatic rings. The summed E-state index contributed by atoms with van der Waals surface area (Å²) in [5, 5.41) is 5.60. The van der Waals surface area contributed by atoms with Crippen LogP contribution in [0.3, 0.4) is 0 Å². The lowest BCUT2D eigenvalue weighted by molar-refractivity contribution is 0.596. The lowest BCUT2D eigenvalue weighted by Gasteiger charge is -2.08. The maximum absolute atomic E-state index is 13.9. The third-order valence-corrected chi connectivity index (χ3v) is 3.66. The minimum Gasteiger partial charge on any atom is -0.373 e. The van der Waals surface area contributed by atoms with Gasteiger partial charge < -0.3 is 10.6 Å². The van der Waals surface area contributed by atoms with Crippen molar-refractivity contribution in [3.8, 4) is 0 Å². The Morgan fingerprint density at radius 3 is 2.45 bits per heavy atom. The summed E-state index contributed by atoms with van der Waals surface area (Å²) in [7, 11) is -1.73. The first-order chi connectivity index (χ1) is 9.40. The summed E-state index contributed by atoms with van der Waals surface area (Å²) in [6, 6.07) is 5.26. The van der Waals surface area contributed by atoms with Crippen LogP contribution in [-0.2, 0) is 9.84 Å². The topological polar surface area (TPSA) is 84.0 Å². The van der Waals surface area contributed by atoms with Crippen LogP contribution in [0.4, 0.5) is 21.7 Å². The fraction of sp³-hybridized carbons (Fsp3) is 0.167. The molecule has 2 rings (SSSR count). The maximum atomic E-state index is 13.9. The second-order valence-corrected chi connectivity index (χ2v) is 6.09. The van der Waals surface area contributed by atoms with Gasteiger partial charge in [-0.3, -0.25) is 0 Å². The zero-order chi connectivity index (χ0) is 14.8. The second kappa shape index (κ2) is 5.41. The molecule has 8 heteroatoms. The Labute approximate surface area is 116 Å². The van der Waals surface area contributed by atoms with E-state index in [0.29, 0.717) is 11.6 Å². The van der Waals surface area contributed by atoms with Gasteiger partial charge in [0.1, 0.15) is 23.8 Å². The molecule has 1 aromatic carbocycles. The summed E-state index contributed by atoms with van der Waals surface area (Å²) in [5.74, 6) is 0.309. The first-order valence-corrected chi connectivity index (χ1v) is 7.56. The molecule has 1 heterocycles. The van der Waals surface area contributed by atoms with Crippen LogP contribution in [0.15, 0.2) is 35.5 Å². The third kappa shape index (κ3) is 3.21. The van der Waals surface area contributed by atoms with E-state index < -0.39 is 15.7 Å². The molecule has 2 N–H and O–H groups in total. The van der Waals surface area contributed by atoms with Crippen molar-refractivity contribution in [1.29, 1.82) is 0 Å². The molecule has 0 spiro atoms. The number of nitrogens with one attached hydrogen (secondary N) is 2. The smallest absolute Gasteiger partial charge is 0.175 e. The number of halogens is 1. The van der Waals surface area contributed by atoms with Gasteiger partial charge in [-0.1, -0.05) is 0 Å². The van der Waals surface area contributed by atoms with Gasteiger partial charge in [-0.25, -0.2) is 22.8 Å². The molecule has 0 aliphatic carbocycles. The van der Waals surface area contributed by atoms with Crippen LogP contribution in [0.5, 0.6) is 0 Å². The minimum atomic E-state index is -3.43. The summed E-state index contributed by atoms with van der Waals surface area (Å²) < 4.78 is 36.5. The zero-order valence-electron chi connectivity index (χ0n) is 10.9. The Balaban J connectivity index is 2.30. The number of rotatable bonds is 4. The van der Waals surface area contributed by atoms with Gasteiger partial charge >= 0.3 is 0 Å². The van der Waals surface area contributed by atoms with E-state index in [1.165, 1.54) is 18.5 Å². The Kier molecular flexibility index (Phi) is 3.84. The molecule has 0 atom stereocenters. The lowest BCUT2D eigenvalue weighted by atomic mass is 10.3. The van der Waals surface area contributed by atoms with Gasteiger partial charge in [-0.2, -0.15) is 0 Å². The van der Waals surface area contributed by atoms with Gasteiger partial charge in [0.2, 0.25) is 0 Å². The second-order valence-electron chi connectivity index (χ2n) is 4.08. The van der Waals surface area contributed by atoms with Crippen LogP contribution >= 0.6 is 0 Å². The van der Waals surface area contributed by atoms with E-state index in [9.17, 15) is 12.8 Å². The first-order valence-electron chi connectivity index (χ1n) is 5.66. The van der Waals surface area contributed by atoms with E-state index in [2.05, 4.69) is 20.6 Å². The normalized spacial score (nSPS) is 11.2. The van der Waals surface area contributed by atoms with E-state index in [0.717, 1.165) is 12.3 Å². The fourth-order valence-corrected chi connectivity index (χ4v) is 2.16. The molecule has 6 nitrogen and oxygen atoms in total. The van der Waals surface area contributed by atoms with Crippen molar-refractivity contribution in [1.82, 2.24) is 9.97 Å². The number of benzene rings is 1. The summed E-state index contributed by atoms with van der Waals surface area (Å²) in [6.45, 7) is 0. The number of anilines is 3. The Morgan fingerprint density at radius 2 is 1.85 bits per heavy atom. The number of sulfone groups is 1. The summed E-state index contributed by atoms with van der Waals surface area (Å²) in [6.07, 6.45) is 2.36. The monoisotopic (exact) mass is 296 g/mol. The van der Waals surface area contributed by atoms with E-state index >= 15 is 0 Å². The van der Waals surface area contributed by atoms with Crippen LogP contribution in [0, 0.1) is 5.82 Å². The highest BCUT2D eigenvalue weighted by atomic mass is 32.2. The van der Waals surface area contributed by atoms with Gasteiger partial charge in [-0.15, -0.1) is 0 Å². The molecule has 0 unspecified atom stereocenters. The number of nitrogens with zero attached hydrogens (tertiary/aromatic N) is 2. The predicted molar refractivity (Wildman–Crippen MR) is 74.4 cm³/mol. The number of hydrogen-bond acceptors (Lipinski definition) is 6. The average Bonchev–Trinajstić information content (AvgIpc) is 2.40. The Morgan fingerprint density at radius 1 is 1.15 bits per heavy atom. The standard InChI is InChI=1S/C12H13FN4O2S/c1-14-11-6-12(16-7-15-11)17-10-4-3-8(5-9(10)13)20(2,18)19/h3-7H,1-2H3,(H2,14,15,16,17). The molecule has 20 heavy (non-hydrogen) atoms. The molecule has 0 aliphatic heterocycles. The van der Waals surface area contributed by atoms with Crippen LogP contribution in [0.2, 0.25) is 0 Å². The highest BCUT2D eigenvalue weighted by Crippen LogP contribution is 2.22. The highest BCUT2D eigenvalue weighted by molar-refractivity contribution is 7.90. The molecule has 106 valence electrons. The molecule has 0 saturated carbocycles. The van der Waals surface area contributed by atoms with E-state index in [4.69, 9.17) is 0 Å². The molecule has 0 amide bonds. The summed E-state index contributed by atoms with van der Waals surface area (Å²) in [5.41, 5.74) is 0.137. The SMILES string of the molecule is CNc1cc(Nc2ccc(S(C)(=O)=O)cc2F)ncn1. The molecule has 0 bridgehead atoms. The van der Waals surface area contributed by atoms with Crippen LogP contribution < -0.4 is 10.6 Å². The maximum Gasteiger partial charge on any atom is 0.175 e. The molecule has 0 fully saturated rings. The largest absolute Gasteiger partial charge is 0.373 e. The van der Waals surface area contributed by atoms with Crippen LogP contribution in [0.25, 0.3) is 0 Å². The Bertz CT molecular complexity index is 734. The summed E-state index contributed by atoms with van der Waals surface area (Å²) >= 11 is 0. The fourth-order valence-electron chi connectivity index (χ4n) is 1.53. The average molecular weight is 296 g/mol. The molecule has 0 saturated heterocycles. The van der Waals surface area contributed by atoms with Gasteiger partial charge in [0.25, 0.3) is 0 Å². The van der Waals surface area contributed by atoms with E-state index in [1.807, 2.05) is 0 Å². The van der Waals surface area contributed by atoms with Crippen molar-refractivity contribution in [3.63, 3.8) is 0 Å². The van der Waals surface area contributed by atoms with E-state index in [-0.39, 0.29) is 10.6 Å². The highest BCUT2D eigenvalue weighted by Gasteiger charge is 2.11. The van der Waals surface area contributed by atoms with Crippen molar-refractivity contribution in [2.75, 3.05) is 23.9 Å². The molecular formula is C12H13FN4O2S. The van der Waals surface area contributed by atoms with Gasteiger partial charge in [0, 0.05) is 19.4 Å². The van der Waals surface area contributed by atoms with Crippen LogP contribution in [-0.4, -0.2) is 31.7 Å². The number of aromatic nitrogens is 2. The van der Waals surface area contributed by atoms with Gasteiger partial charge in [0.15, 0.2) is 9.84 Å².